The van der Waals surface area contributed by atoms with E-state index < -0.39 is 18.0 Å². The first-order valence-electron chi connectivity index (χ1n) is 11.3. The standard InChI is InChI=1S/C27H26N2O4S/c1-2-32-22-15-8-6-13-20(22)29-27(31)26(19-11-4-3-5-12-19)33-25(30)18-10-17-24-28-21-14-7-9-16-23(21)34-24/h3-9,11-16,26H,2,10,17-18H2,1H3,(H,29,31). The molecule has 4 rings (SSSR count). The number of esters is 1. The zero-order valence-corrected chi connectivity index (χ0v) is 19.7. The molecule has 0 saturated heterocycles. The molecular formula is C27H26N2O4S. The van der Waals surface area contributed by atoms with Crippen LogP contribution in [-0.4, -0.2) is 23.5 Å². The van der Waals surface area contributed by atoms with Gasteiger partial charge in [0.1, 0.15) is 5.75 Å². The fraction of sp³-hybridized carbons (Fsp3) is 0.222. The second kappa shape index (κ2) is 11.4. The van der Waals surface area contributed by atoms with Crippen molar-refractivity contribution >= 4 is 39.1 Å². The number of nitrogens with one attached hydrogen (secondary N) is 1. The zero-order valence-electron chi connectivity index (χ0n) is 18.9. The lowest BCUT2D eigenvalue weighted by molar-refractivity contribution is -0.154. The van der Waals surface area contributed by atoms with Crippen LogP contribution in [0.5, 0.6) is 5.75 Å². The quantitative estimate of drug-likeness (QED) is 0.288. The monoisotopic (exact) mass is 474 g/mol. The molecule has 0 spiro atoms. The van der Waals surface area contributed by atoms with Gasteiger partial charge in [-0.3, -0.25) is 9.59 Å². The number of aryl methyl sites for hydroxylation is 1. The Labute approximate surface area is 202 Å². The maximum absolute atomic E-state index is 13.1. The number of benzene rings is 3. The van der Waals surface area contributed by atoms with Crippen molar-refractivity contribution in [3.63, 3.8) is 0 Å². The lowest BCUT2D eigenvalue weighted by atomic mass is 10.1. The molecule has 3 aromatic carbocycles. The predicted octanol–water partition coefficient (Wildman–Crippen LogP) is 5.94. The van der Waals surface area contributed by atoms with Crippen LogP contribution >= 0.6 is 11.3 Å². The number of anilines is 1. The van der Waals surface area contributed by atoms with Gasteiger partial charge in [0, 0.05) is 12.0 Å². The molecule has 6 nitrogen and oxygen atoms in total. The number of nitrogens with zero attached hydrogens (tertiary/aromatic N) is 1. The molecule has 0 aliphatic rings. The molecule has 1 N–H and O–H groups in total. The van der Waals surface area contributed by atoms with Crippen LogP contribution < -0.4 is 10.1 Å². The fourth-order valence-electron chi connectivity index (χ4n) is 3.55. The third-order valence-corrected chi connectivity index (χ3v) is 6.24. The van der Waals surface area contributed by atoms with Gasteiger partial charge in [-0.25, -0.2) is 4.98 Å². The van der Waals surface area contributed by atoms with Crippen molar-refractivity contribution in [3.8, 4) is 5.75 Å². The minimum absolute atomic E-state index is 0.196. The molecule has 4 aromatic rings. The van der Waals surface area contributed by atoms with E-state index in [4.69, 9.17) is 9.47 Å². The summed E-state index contributed by atoms with van der Waals surface area (Å²) in [6, 6.07) is 24.2. The second-order valence-corrected chi connectivity index (χ2v) is 8.74. The number of hydrogen-bond acceptors (Lipinski definition) is 6. The largest absolute Gasteiger partial charge is 0.492 e. The summed E-state index contributed by atoms with van der Waals surface area (Å²) in [6.45, 7) is 2.35. The molecule has 7 heteroatoms. The number of para-hydroxylation sites is 3. The molecular weight excluding hydrogens is 448 g/mol. The van der Waals surface area contributed by atoms with Crippen LogP contribution in [0.4, 0.5) is 5.69 Å². The van der Waals surface area contributed by atoms with Crippen LogP contribution in [-0.2, 0) is 20.7 Å². The number of rotatable bonds is 10. The van der Waals surface area contributed by atoms with Gasteiger partial charge in [-0.15, -0.1) is 11.3 Å². The average Bonchev–Trinajstić information content (AvgIpc) is 3.27. The molecule has 0 saturated carbocycles. The minimum atomic E-state index is -1.06. The van der Waals surface area contributed by atoms with E-state index in [9.17, 15) is 9.59 Å². The molecule has 1 unspecified atom stereocenters. The van der Waals surface area contributed by atoms with Crippen LogP contribution in [0.25, 0.3) is 10.2 Å². The number of carbonyl (C=O) groups excluding carboxylic acids is 2. The van der Waals surface area contributed by atoms with Gasteiger partial charge in [0.15, 0.2) is 0 Å². The summed E-state index contributed by atoms with van der Waals surface area (Å²) in [5.41, 5.74) is 2.11. The Kier molecular flexibility index (Phi) is 7.88. The Morgan fingerprint density at radius 2 is 1.71 bits per heavy atom. The van der Waals surface area contributed by atoms with Gasteiger partial charge < -0.3 is 14.8 Å². The number of fused-ring (bicyclic) bond motifs is 1. The highest BCUT2D eigenvalue weighted by atomic mass is 32.1. The number of amides is 1. The van der Waals surface area contributed by atoms with E-state index in [1.807, 2.05) is 61.5 Å². The van der Waals surface area contributed by atoms with Crippen molar-refractivity contribution in [2.24, 2.45) is 0 Å². The predicted molar refractivity (Wildman–Crippen MR) is 134 cm³/mol. The summed E-state index contributed by atoms with van der Waals surface area (Å²) < 4.78 is 12.4. The average molecular weight is 475 g/mol. The van der Waals surface area contributed by atoms with Gasteiger partial charge in [0.2, 0.25) is 6.10 Å². The maximum Gasteiger partial charge on any atom is 0.306 e. The highest BCUT2D eigenvalue weighted by Gasteiger charge is 2.25. The van der Waals surface area contributed by atoms with E-state index in [2.05, 4.69) is 10.3 Å². The summed E-state index contributed by atoms with van der Waals surface area (Å²) in [7, 11) is 0. The van der Waals surface area contributed by atoms with Gasteiger partial charge in [-0.2, -0.15) is 0 Å². The van der Waals surface area contributed by atoms with Crippen molar-refractivity contribution in [2.75, 3.05) is 11.9 Å². The molecule has 1 heterocycles. The van der Waals surface area contributed by atoms with E-state index in [1.165, 1.54) is 0 Å². The van der Waals surface area contributed by atoms with Crippen LogP contribution in [0.3, 0.4) is 0 Å². The summed E-state index contributed by atoms with van der Waals surface area (Å²) in [5.74, 6) is -0.298. The van der Waals surface area contributed by atoms with Gasteiger partial charge in [-0.05, 0) is 44.0 Å². The maximum atomic E-state index is 13.1. The van der Waals surface area contributed by atoms with Gasteiger partial charge >= 0.3 is 5.97 Å². The first kappa shape index (κ1) is 23.4. The third kappa shape index (κ3) is 5.99. The van der Waals surface area contributed by atoms with Crippen molar-refractivity contribution in [2.45, 2.75) is 32.3 Å². The third-order valence-electron chi connectivity index (χ3n) is 5.14. The van der Waals surface area contributed by atoms with Gasteiger partial charge in [0.25, 0.3) is 5.91 Å². The summed E-state index contributed by atoms with van der Waals surface area (Å²) in [4.78, 5) is 30.4. The molecule has 34 heavy (non-hydrogen) atoms. The number of aromatic nitrogens is 1. The second-order valence-electron chi connectivity index (χ2n) is 7.63. The molecule has 0 radical (unpaired) electrons. The van der Waals surface area contributed by atoms with Crippen LogP contribution in [0.2, 0.25) is 0 Å². The van der Waals surface area contributed by atoms with E-state index in [-0.39, 0.29) is 6.42 Å². The van der Waals surface area contributed by atoms with E-state index in [1.54, 1.807) is 35.6 Å². The summed E-state index contributed by atoms with van der Waals surface area (Å²) in [5, 5.41) is 3.83. The minimum Gasteiger partial charge on any atom is -0.492 e. The van der Waals surface area contributed by atoms with Crippen molar-refractivity contribution in [3.05, 3.63) is 89.4 Å². The van der Waals surface area contributed by atoms with Crippen molar-refractivity contribution < 1.29 is 19.1 Å². The lowest BCUT2D eigenvalue weighted by Crippen LogP contribution is -2.26. The molecule has 0 aliphatic heterocycles. The fourth-order valence-corrected chi connectivity index (χ4v) is 4.56. The smallest absolute Gasteiger partial charge is 0.306 e. The molecule has 0 aliphatic carbocycles. The Morgan fingerprint density at radius 1 is 0.971 bits per heavy atom. The van der Waals surface area contributed by atoms with Crippen LogP contribution in [0.1, 0.15) is 36.4 Å². The Bertz CT molecular complexity index is 1220. The molecule has 0 bridgehead atoms. The normalized spacial score (nSPS) is 11.7. The van der Waals surface area contributed by atoms with E-state index in [0.29, 0.717) is 36.4 Å². The Morgan fingerprint density at radius 3 is 2.50 bits per heavy atom. The first-order chi connectivity index (χ1) is 16.6. The van der Waals surface area contributed by atoms with Crippen molar-refractivity contribution in [1.29, 1.82) is 0 Å². The zero-order chi connectivity index (χ0) is 23.8. The van der Waals surface area contributed by atoms with E-state index >= 15 is 0 Å². The Balaban J connectivity index is 1.40. The highest BCUT2D eigenvalue weighted by molar-refractivity contribution is 7.18. The molecule has 174 valence electrons. The number of thiazole rings is 1. The first-order valence-corrected chi connectivity index (χ1v) is 12.1. The molecule has 1 atom stereocenters. The number of carbonyl (C=O) groups is 2. The summed E-state index contributed by atoms with van der Waals surface area (Å²) in [6.07, 6.45) is 0.404. The Hall–Kier alpha value is -3.71. The topological polar surface area (TPSA) is 77.5 Å². The number of hydrogen-bond donors (Lipinski definition) is 1. The highest BCUT2D eigenvalue weighted by Crippen LogP contribution is 2.27. The van der Waals surface area contributed by atoms with Gasteiger partial charge in [-0.1, -0.05) is 54.6 Å². The lowest BCUT2D eigenvalue weighted by Gasteiger charge is -2.19. The molecule has 1 amide bonds. The summed E-state index contributed by atoms with van der Waals surface area (Å²) >= 11 is 1.63. The van der Waals surface area contributed by atoms with Crippen LogP contribution in [0, 0.1) is 0 Å². The molecule has 1 aromatic heterocycles. The molecule has 0 fully saturated rings. The SMILES string of the molecule is CCOc1ccccc1NC(=O)C(OC(=O)CCCc1nc2ccccc2s1)c1ccccc1. The number of ether oxygens (including phenoxy) is 2. The van der Waals surface area contributed by atoms with E-state index in [0.717, 1.165) is 15.2 Å². The van der Waals surface area contributed by atoms with Crippen LogP contribution in [0.15, 0.2) is 78.9 Å². The van der Waals surface area contributed by atoms with Gasteiger partial charge in [0.05, 0.1) is 27.5 Å². The van der Waals surface area contributed by atoms with Crippen molar-refractivity contribution in [1.82, 2.24) is 4.98 Å².